The lowest BCUT2D eigenvalue weighted by Crippen LogP contribution is -2.45. The molecule has 1 aliphatic rings. The zero-order chi connectivity index (χ0) is 16.2. The molecule has 0 radical (unpaired) electrons. The first-order chi connectivity index (χ1) is 11.1. The molecule has 0 saturated carbocycles. The summed E-state index contributed by atoms with van der Waals surface area (Å²) in [4.78, 5) is 11.0. The Hall–Kier alpha value is -1.99. The quantitative estimate of drug-likeness (QED) is 0.865. The molecule has 2 aromatic rings. The number of aromatic hydroxyl groups is 1. The molecule has 0 aliphatic carbocycles. The van der Waals surface area contributed by atoms with Crippen molar-refractivity contribution in [1.82, 2.24) is 25.3 Å². The fourth-order valence-corrected chi connectivity index (χ4v) is 2.95. The number of aromatic nitrogens is 3. The normalized spacial score (nSPS) is 19.1. The van der Waals surface area contributed by atoms with Crippen LogP contribution in [0.25, 0.3) is 0 Å². The number of aryl methyl sites for hydroxylation is 2. The van der Waals surface area contributed by atoms with Crippen molar-refractivity contribution >= 4 is 0 Å². The van der Waals surface area contributed by atoms with Crippen LogP contribution >= 0.6 is 0 Å². The van der Waals surface area contributed by atoms with Gasteiger partial charge in [-0.05, 0) is 38.4 Å². The van der Waals surface area contributed by atoms with E-state index in [0.717, 1.165) is 37.4 Å². The third kappa shape index (κ3) is 4.27. The summed E-state index contributed by atoms with van der Waals surface area (Å²) in [7, 11) is 0. The molecule has 1 atom stereocenters. The fraction of sp³-hybridized carbons (Fsp3) is 0.562. The highest BCUT2D eigenvalue weighted by atomic mass is 16.5. The summed E-state index contributed by atoms with van der Waals surface area (Å²) in [5, 5.41) is 17.3. The Morgan fingerprint density at radius 3 is 3.00 bits per heavy atom. The number of piperidine rings is 1. The van der Waals surface area contributed by atoms with E-state index in [9.17, 15) is 5.11 Å². The predicted octanol–water partition coefficient (Wildman–Crippen LogP) is 1.54. The third-order valence-corrected chi connectivity index (χ3v) is 4.09. The first-order valence-corrected chi connectivity index (χ1v) is 8.00. The summed E-state index contributed by atoms with van der Waals surface area (Å²) in [5.74, 6) is 1.59. The van der Waals surface area contributed by atoms with Gasteiger partial charge in [-0.2, -0.15) is 4.98 Å². The van der Waals surface area contributed by atoms with E-state index in [1.807, 2.05) is 13.0 Å². The van der Waals surface area contributed by atoms with Crippen LogP contribution in [0, 0.1) is 13.8 Å². The maximum Gasteiger partial charge on any atom is 0.223 e. The minimum Gasteiger partial charge on any atom is -0.506 e. The van der Waals surface area contributed by atoms with Crippen LogP contribution in [0.1, 0.15) is 35.9 Å². The van der Waals surface area contributed by atoms with Gasteiger partial charge >= 0.3 is 0 Å². The van der Waals surface area contributed by atoms with Gasteiger partial charge in [-0.15, -0.1) is 0 Å². The van der Waals surface area contributed by atoms with Gasteiger partial charge in [0, 0.05) is 31.7 Å². The third-order valence-electron chi connectivity index (χ3n) is 4.09. The number of likely N-dealkylation sites (tertiary alicyclic amines) is 1. The van der Waals surface area contributed by atoms with Gasteiger partial charge in [0.15, 0.2) is 5.82 Å². The fourth-order valence-electron chi connectivity index (χ4n) is 2.95. The molecular weight excluding hydrogens is 294 g/mol. The van der Waals surface area contributed by atoms with Gasteiger partial charge in [0.05, 0.1) is 12.2 Å². The van der Waals surface area contributed by atoms with Crippen molar-refractivity contribution in [2.45, 2.75) is 45.8 Å². The highest BCUT2D eigenvalue weighted by molar-refractivity contribution is 5.27. The van der Waals surface area contributed by atoms with Crippen molar-refractivity contribution in [1.29, 1.82) is 0 Å². The average Bonchev–Trinajstić information content (AvgIpc) is 2.94. The molecule has 124 valence electrons. The molecule has 7 heteroatoms. The van der Waals surface area contributed by atoms with Crippen LogP contribution in [0.3, 0.4) is 0 Å². The molecule has 2 aromatic heterocycles. The predicted molar refractivity (Wildman–Crippen MR) is 84.8 cm³/mol. The molecule has 7 nitrogen and oxygen atoms in total. The molecule has 1 aliphatic heterocycles. The Bertz CT molecular complexity index is 658. The Kier molecular flexibility index (Phi) is 4.88. The van der Waals surface area contributed by atoms with Gasteiger partial charge < -0.3 is 14.9 Å². The first kappa shape index (κ1) is 15.9. The van der Waals surface area contributed by atoms with Gasteiger partial charge in [-0.1, -0.05) is 5.16 Å². The zero-order valence-electron chi connectivity index (χ0n) is 13.6. The summed E-state index contributed by atoms with van der Waals surface area (Å²) in [5.41, 5.74) is 1.62. The van der Waals surface area contributed by atoms with Crippen molar-refractivity contribution in [2.24, 2.45) is 0 Å². The topological polar surface area (TPSA) is 87.3 Å². The zero-order valence-corrected chi connectivity index (χ0v) is 13.6. The Labute approximate surface area is 135 Å². The number of nitrogens with zero attached hydrogens (tertiary/aromatic N) is 4. The highest BCUT2D eigenvalue weighted by Gasteiger charge is 2.21. The molecule has 23 heavy (non-hydrogen) atoms. The van der Waals surface area contributed by atoms with E-state index in [2.05, 4.69) is 25.3 Å². The highest BCUT2D eigenvalue weighted by Crippen LogP contribution is 2.17. The van der Waals surface area contributed by atoms with Crippen molar-refractivity contribution in [3.05, 3.63) is 35.2 Å². The molecule has 2 N–H and O–H groups in total. The van der Waals surface area contributed by atoms with Crippen LogP contribution in [0.4, 0.5) is 0 Å². The van der Waals surface area contributed by atoms with Gasteiger partial charge in [0.25, 0.3) is 0 Å². The molecule has 0 bridgehead atoms. The second kappa shape index (κ2) is 7.06. The van der Waals surface area contributed by atoms with Crippen molar-refractivity contribution in [3.8, 4) is 5.75 Å². The van der Waals surface area contributed by atoms with Gasteiger partial charge in [-0.3, -0.25) is 9.88 Å². The molecule has 0 amide bonds. The maximum atomic E-state index is 9.87. The van der Waals surface area contributed by atoms with Crippen LogP contribution in [-0.2, 0) is 13.1 Å². The van der Waals surface area contributed by atoms with E-state index < -0.39 is 0 Å². The van der Waals surface area contributed by atoms with Crippen LogP contribution in [0.15, 0.2) is 16.7 Å². The Balaban J connectivity index is 1.53. The lowest BCUT2D eigenvalue weighted by molar-refractivity contribution is 0.176. The van der Waals surface area contributed by atoms with E-state index in [0.29, 0.717) is 30.7 Å². The molecule has 0 spiro atoms. The average molecular weight is 317 g/mol. The minimum absolute atomic E-state index is 0.248. The van der Waals surface area contributed by atoms with Crippen LogP contribution in [0.2, 0.25) is 0 Å². The lowest BCUT2D eigenvalue weighted by Gasteiger charge is -2.32. The minimum atomic E-state index is 0.248. The standard InChI is InChI=1S/C16H23N5O2/c1-11-5-6-15(22)14(18-11)8-17-13-4-3-7-21(9-13)10-16-19-12(2)23-20-16/h5-6,13,17,22H,3-4,7-10H2,1-2H3/t13-/m0/s1. The monoisotopic (exact) mass is 317 g/mol. The number of nitrogens with one attached hydrogen (secondary N) is 1. The molecular formula is C16H23N5O2. The SMILES string of the molecule is Cc1ccc(O)c(CN[C@H]2CCCN(Cc3noc(C)n3)C2)n1. The second-order valence-electron chi connectivity index (χ2n) is 6.10. The van der Waals surface area contributed by atoms with Crippen molar-refractivity contribution < 1.29 is 9.63 Å². The van der Waals surface area contributed by atoms with E-state index >= 15 is 0 Å². The van der Waals surface area contributed by atoms with E-state index in [-0.39, 0.29) is 5.75 Å². The smallest absolute Gasteiger partial charge is 0.223 e. The Morgan fingerprint density at radius 1 is 1.35 bits per heavy atom. The molecule has 3 rings (SSSR count). The van der Waals surface area contributed by atoms with E-state index in [1.54, 1.807) is 13.0 Å². The molecule has 3 heterocycles. The molecule has 1 saturated heterocycles. The van der Waals surface area contributed by atoms with Crippen LogP contribution in [0.5, 0.6) is 5.75 Å². The van der Waals surface area contributed by atoms with Crippen molar-refractivity contribution in [2.75, 3.05) is 13.1 Å². The summed E-state index contributed by atoms with van der Waals surface area (Å²) >= 11 is 0. The maximum absolute atomic E-state index is 9.87. The summed E-state index contributed by atoms with van der Waals surface area (Å²) in [6.07, 6.45) is 2.25. The van der Waals surface area contributed by atoms with Gasteiger partial charge in [-0.25, -0.2) is 0 Å². The van der Waals surface area contributed by atoms with Gasteiger partial charge in [0.2, 0.25) is 5.89 Å². The number of hydrogen-bond acceptors (Lipinski definition) is 7. The molecule has 0 unspecified atom stereocenters. The number of pyridine rings is 1. The summed E-state index contributed by atoms with van der Waals surface area (Å²) in [6.45, 7) is 6.99. The van der Waals surface area contributed by atoms with Crippen LogP contribution < -0.4 is 5.32 Å². The second-order valence-corrected chi connectivity index (χ2v) is 6.10. The van der Waals surface area contributed by atoms with E-state index in [4.69, 9.17) is 4.52 Å². The molecule has 1 fully saturated rings. The van der Waals surface area contributed by atoms with Gasteiger partial charge in [0.1, 0.15) is 5.75 Å². The summed E-state index contributed by atoms with van der Waals surface area (Å²) in [6, 6.07) is 3.89. The van der Waals surface area contributed by atoms with Crippen LogP contribution in [-0.4, -0.2) is 44.3 Å². The summed E-state index contributed by atoms with van der Waals surface area (Å²) < 4.78 is 5.02. The first-order valence-electron chi connectivity index (χ1n) is 8.00. The lowest BCUT2D eigenvalue weighted by atomic mass is 10.1. The molecule has 0 aromatic carbocycles. The largest absolute Gasteiger partial charge is 0.506 e. The van der Waals surface area contributed by atoms with E-state index in [1.165, 1.54) is 0 Å². The number of rotatable bonds is 5. The Morgan fingerprint density at radius 2 is 2.22 bits per heavy atom. The van der Waals surface area contributed by atoms with Crippen molar-refractivity contribution in [3.63, 3.8) is 0 Å². The number of hydrogen-bond donors (Lipinski definition) is 2.